The third-order valence-electron chi connectivity index (χ3n) is 1.88. The minimum atomic E-state index is -0.602. The molecule has 5 heteroatoms. The van der Waals surface area contributed by atoms with E-state index in [1.54, 1.807) is 26.4 Å². The first-order valence-electron chi connectivity index (χ1n) is 4.28. The smallest absolute Gasteiger partial charge is 0.239 e. The van der Waals surface area contributed by atoms with Crippen molar-refractivity contribution in [3.05, 3.63) is 18.2 Å². The number of aromatic nitrogens is 2. The molecule has 1 atom stereocenters. The van der Waals surface area contributed by atoms with Gasteiger partial charge in [0.1, 0.15) is 11.7 Å². The normalized spacial score (nSPS) is 11.8. The van der Waals surface area contributed by atoms with Crippen molar-refractivity contribution in [3.8, 4) is 6.07 Å². The molecule has 1 aromatic heterocycles. The number of nitriles is 1. The van der Waals surface area contributed by atoms with Crippen LogP contribution in [0.4, 0.5) is 0 Å². The Morgan fingerprint density at radius 2 is 2.57 bits per heavy atom. The summed E-state index contributed by atoms with van der Waals surface area (Å²) in [6, 6.07) is 1.90. The summed E-state index contributed by atoms with van der Waals surface area (Å²) in [6.07, 6.45) is 3.32. The molecular formula is C9H12N4O. The van der Waals surface area contributed by atoms with Crippen LogP contribution in [0.15, 0.2) is 12.4 Å². The van der Waals surface area contributed by atoms with E-state index in [-0.39, 0.29) is 5.91 Å². The van der Waals surface area contributed by atoms with Crippen LogP contribution >= 0.6 is 0 Å². The molecule has 1 amide bonds. The third kappa shape index (κ3) is 2.33. The van der Waals surface area contributed by atoms with Gasteiger partial charge in [0.25, 0.3) is 0 Å². The highest BCUT2D eigenvalue weighted by Crippen LogP contribution is 2.02. The predicted octanol–water partition coefficient (Wildman–Crippen LogP) is 0.528. The minimum absolute atomic E-state index is 0.191. The van der Waals surface area contributed by atoms with E-state index in [9.17, 15) is 4.79 Å². The molecule has 0 saturated carbocycles. The molecule has 1 aromatic rings. The van der Waals surface area contributed by atoms with Crippen molar-refractivity contribution in [1.29, 1.82) is 5.26 Å². The van der Waals surface area contributed by atoms with Gasteiger partial charge in [0, 0.05) is 19.4 Å². The van der Waals surface area contributed by atoms with Gasteiger partial charge < -0.3 is 9.88 Å². The van der Waals surface area contributed by atoms with Crippen LogP contribution in [0.25, 0.3) is 0 Å². The van der Waals surface area contributed by atoms with Crippen molar-refractivity contribution in [2.24, 2.45) is 5.92 Å². The first-order chi connectivity index (χ1) is 6.65. The van der Waals surface area contributed by atoms with E-state index in [0.717, 1.165) is 0 Å². The number of amides is 1. The summed E-state index contributed by atoms with van der Waals surface area (Å²) >= 11 is 0. The number of nitrogens with zero attached hydrogens (tertiary/aromatic N) is 3. The summed E-state index contributed by atoms with van der Waals surface area (Å²) in [5, 5.41) is 8.56. The second kappa shape index (κ2) is 4.42. The van der Waals surface area contributed by atoms with Crippen LogP contribution in [0.5, 0.6) is 0 Å². The van der Waals surface area contributed by atoms with E-state index in [4.69, 9.17) is 5.26 Å². The van der Waals surface area contributed by atoms with Crippen molar-refractivity contribution in [3.63, 3.8) is 0 Å². The van der Waals surface area contributed by atoms with Crippen molar-refractivity contribution >= 4 is 5.91 Å². The highest BCUT2D eigenvalue weighted by Gasteiger charge is 2.17. The molecule has 0 bridgehead atoms. The number of hydrogen-bond donors (Lipinski definition) is 1. The molecule has 0 aliphatic rings. The molecule has 1 N–H and O–H groups in total. The van der Waals surface area contributed by atoms with Gasteiger partial charge in [-0.1, -0.05) is 0 Å². The maximum atomic E-state index is 11.5. The molecule has 0 radical (unpaired) electrons. The Hall–Kier alpha value is -1.83. The summed E-state index contributed by atoms with van der Waals surface area (Å²) in [7, 11) is 1.65. The van der Waals surface area contributed by atoms with Crippen molar-refractivity contribution < 1.29 is 4.79 Å². The lowest BCUT2D eigenvalue weighted by Crippen LogP contribution is -2.30. The number of carbonyl (C=O) groups is 1. The predicted molar refractivity (Wildman–Crippen MR) is 49.8 cm³/mol. The summed E-state index contributed by atoms with van der Waals surface area (Å²) < 4.78 is 0. The quantitative estimate of drug-likeness (QED) is 0.759. The molecule has 74 valence electrons. The SMILES string of the molecule is CC(C#N)C(=O)N(C)Cc1ncc[nH]1. The molecular weight excluding hydrogens is 180 g/mol. The molecule has 0 saturated heterocycles. The van der Waals surface area contributed by atoms with Crippen molar-refractivity contribution in [1.82, 2.24) is 14.9 Å². The van der Waals surface area contributed by atoms with Gasteiger partial charge in [-0.3, -0.25) is 4.79 Å². The average molecular weight is 192 g/mol. The number of rotatable bonds is 3. The molecule has 1 unspecified atom stereocenters. The van der Waals surface area contributed by atoms with Crippen LogP contribution in [0.2, 0.25) is 0 Å². The van der Waals surface area contributed by atoms with Gasteiger partial charge in [0.15, 0.2) is 0 Å². The standard InChI is InChI=1S/C9H12N4O/c1-7(5-10)9(14)13(2)6-8-11-3-4-12-8/h3-4,7H,6H2,1-2H3,(H,11,12). The number of nitrogens with one attached hydrogen (secondary N) is 1. The lowest BCUT2D eigenvalue weighted by atomic mass is 10.2. The Bertz CT molecular complexity index is 338. The fourth-order valence-corrected chi connectivity index (χ4v) is 1.07. The molecule has 0 aromatic carbocycles. The maximum Gasteiger partial charge on any atom is 0.239 e. The highest BCUT2D eigenvalue weighted by molar-refractivity contribution is 5.80. The number of aromatic amines is 1. The fourth-order valence-electron chi connectivity index (χ4n) is 1.07. The van der Waals surface area contributed by atoms with Gasteiger partial charge in [-0.15, -0.1) is 0 Å². The Labute approximate surface area is 82.4 Å². The zero-order chi connectivity index (χ0) is 10.6. The van der Waals surface area contributed by atoms with Crippen LogP contribution in [0.1, 0.15) is 12.7 Å². The van der Waals surface area contributed by atoms with Crippen LogP contribution in [-0.2, 0) is 11.3 Å². The van der Waals surface area contributed by atoms with E-state index >= 15 is 0 Å². The Kier molecular flexibility index (Phi) is 3.24. The molecule has 0 aliphatic carbocycles. The first kappa shape index (κ1) is 10.3. The van der Waals surface area contributed by atoms with Crippen LogP contribution in [0, 0.1) is 17.2 Å². The van der Waals surface area contributed by atoms with Crippen LogP contribution < -0.4 is 0 Å². The van der Waals surface area contributed by atoms with Gasteiger partial charge in [-0.05, 0) is 6.92 Å². The first-order valence-corrected chi connectivity index (χ1v) is 4.28. The zero-order valence-electron chi connectivity index (χ0n) is 8.19. The summed E-state index contributed by atoms with van der Waals surface area (Å²) in [6.45, 7) is 1.98. The molecule has 1 rings (SSSR count). The lowest BCUT2D eigenvalue weighted by Gasteiger charge is -2.16. The number of H-pyrrole nitrogens is 1. The van der Waals surface area contributed by atoms with Gasteiger partial charge in [-0.2, -0.15) is 5.26 Å². The average Bonchev–Trinajstić information content (AvgIpc) is 2.68. The largest absolute Gasteiger partial charge is 0.347 e. The van der Waals surface area contributed by atoms with Crippen LogP contribution in [0.3, 0.4) is 0 Å². The van der Waals surface area contributed by atoms with Gasteiger partial charge in [0.2, 0.25) is 5.91 Å². The Morgan fingerprint density at radius 1 is 1.86 bits per heavy atom. The zero-order valence-corrected chi connectivity index (χ0v) is 8.19. The van der Waals surface area contributed by atoms with Crippen LogP contribution in [-0.4, -0.2) is 27.8 Å². The van der Waals surface area contributed by atoms with Gasteiger partial charge in [0.05, 0.1) is 12.6 Å². The number of carbonyl (C=O) groups excluding carboxylic acids is 1. The second-order valence-electron chi connectivity index (χ2n) is 3.08. The molecule has 14 heavy (non-hydrogen) atoms. The monoisotopic (exact) mass is 192 g/mol. The summed E-state index contributed by atoms with van der Waals surface area (Å²) in [4.78, 5) is 19.8. The van der Waals surface area contributed by atoms with Crippen molar-refractivity contribution in [2.75, 3.05) is 7.05 Å². The van der Waals surface area contributed by atoms with Crippen molar-refractivity contribution in [2.45, 2.75) is 13.5 Å². The molecule has 0 spiro atoms. The molecule has 5 nitrogen and oxygen atoms in total. The Morgan fingerprint density at radius 3 is 3.07 bits per heavy atom. The summed E-state index contributed by atoms with van der Waals surface area (Å²) in [5.41, 5.74) is 0. The fraction of sp³-hybridized carbons (Fsp3) is 0.444. The number of hydrogen-bond acceptors (Lipinski definition) is 3. The van der Waals surface area contributed by atoms with E-state index in [1.165, 1.54) is 4.90 Å². The topological polar surface area (TPSA) is 72.8 Å². The van der Waals surface area contributed by atoms with Gasteiger partial charge >= 0.3 is 0 Å². The molecule has 0 fully saturated rings. The third-order valence-corrected chi connectivity index (χ3v) is 1.88. The molecule has 1 heterocycles. The number of imidazole rings is 1. The van der Waals surface area contributed by atoms with Gasteiger partial charge in [-0.25, -0.2) is 4.98 Å². The lowest BCUT2D eigenvalue weighted by molar-refractivity contribution is -0.132. The van der Waals surface area contributed by atoms with E-state index in [1.807, 2.05) is 6.07 Å². The maximum absolute atomic E-state index is 11.5. The highest BCUT2D eigenvalue weighted by atomic mass is 16.2. The van der Waals surface area contributed by atoms with E-state index in [0.29, 0.717) is 12.4 Å². The van der Waals surface area contributed by atoms with E-state index in [2.05, 4.69) is 9.97 Å². The summed E-state index contributed by atoms with van der Waals surface area (Å²) in [5.74, 6) is -0.0788. The second-order valence-corrected chi connectivity index (χ2v) is 3.08. The molecule has 0 aliphatic heterocycles. The minimum Gasteiger partial charge on any atom is -0.347 e. The Balaban J connectivity index is 2.55. The van der Waals surface area contributed by atoms with E-state index < -0.39 is 5.92 Å².